The minimum absolute atomic E-state index is 0.113. The number of carbonyl (C=O) groups is 2. The first kappa shape index (κ1) is 23.2. The second kappa shape index (κ2) is 10.7. The number of benzene rings is 2. The number of aryl methyl sites for hydroxylation is 1. The molecule has 0 unspecified atom stereocenters. The molecular weight excluding hydrogens is 434 g/mol. The molecule has 0 atom stereocenters. The SMILES string of the molecule is COC(=O)c1cc(C)sc1NC(=O)CN1CCN(C(c2ccccc2)c2ccccc2)CC1. The standard InChI is InChI=1S/C26H29N3O3S/c1-19-17-22(26(31)32-2)25(33-19)27-23(30)18-28-13-15-29(16-14-28)24(20-9-5-3-6-10-20)21-11-7-4-8-12-21/h3-12,17,24H,13-16,18H2,1-2H3,(H,27,30). The molecule has 2 heterocycles. The molecule has 1 amide bonds. The Morgan fingerprint density at radius 3 is 2.09 bits per heavy atom. The van der Waals surface area contributed by atoms with Gasteiger partial charge in [0.1, 0.15) is 5.00 Å². The number of thiophene rings is 1. The van der Waals surface area contributed by atoms with Crippen LogP contribution in [0.1, 0.15) is 32.4 Å². The van der Waals surface area contributed by atoms with E-state index in [1.54, 1.807) is 6.07 Å². The first-order chi connectivity index (χ1) is 16.0. The van der Waals surface area contributed by atoms with Gasteiger partial charge >= 0.3 is 5.97 Å². The first-order valence-electron chi connectivity index (χ1n) is 11.1. The predicted molar refractivity (Wildman–Crippen MR) is 132 cm³/mol. The molecule has 0 saturated carbocycles. The zero-order valence-corrected chi connectivity index (χ0v) is 19.8. The number of esters is 1. The van der Waals surface area contributed by atoms with Crippen molar-refractivity contribution < 1.29 is 14.3 Å². The van der Waals surface area contributed by atoms with Gasteiger partial charge in [0.05, 0.1) is 25.3 Å². The third-order valence-electron chi connectivity index (χ3n) is 5.88. The van der Waals surface area contributed by atoms with Gasteiger partial charge in [-0.2, -0.15) is 0 Å². The van der Waals surface area contributed by atoms with E-state index in [0.29, 0.717) is 17.1 Å². The number of hydrogen-bond acceptors (Lipinski definition) is 6. The molecule has 0 radical (unpaired) electrons. The van der Waals surface area contributed by atoms with E-state index in [1.165, 1.54) is 29.6 Å². The molecule has 3 aromatic rings. The highest BCUT2D eigenvalue weighted by Gasteiger charge is 2.27. The first-order valence-corrected chi connectivity index (χ1v) is 11.9. The molecule has 1 saturated heterocycles. The largest absolute Gasteiger partial charge is 0.465 e. The van der Waals surface area contributed by atoms with Crippen LogP contribution in [0.2, 0.25) is 0 Å². The van der Waals surface area contributed by atoms with Crippen LogP contribution in [0.15, 0.2) is 66.7 Å². The maximum atomic E-state index is 12.7. The Labute approximate surface area is 198 Å². The lowest BCUT2D eigenvalue weighted by atomic mass is 9.96. The fourth-order valence-electron chi connectivity index (χ4n) is 4.30. The second-order valence-corrected chi connectivity index (χ2v) is 9.43. The molecule has 1 N–H and O–H groups in total. The highest BCUT2D eigenvalue weighted by Crippen LogP contribution is 2.30. The van der Waals surface area contributed by atoms with Crippen molar-refractivity contribution in [2.45, 2.75) is 13.0 Å². The summed E-state index contributed by atoms with van der Waals surface area (Å²) in [5.41, 5.74) is 2.96. The molecule has 33 heavy (non-hydrogen) atoms. The highest BCUT2D eigenvalue weighted by atomic mass is 32.1. The molecule has 1 aliphatic rings. The van der Waals surface area contributed by atoms with Crippen LogP contribution < -0.4 is 5.32 Å². The van der Waals surface area contributed by atoms with Gasteiger partial charge in [-0.3, -0.25) is 14.6 Å². The van der Waals surface area contributed by atoms with Crippen molar-refractivity contribution >= 4 is 28.2 Å². The molecule has 1 aromatic heterocycles. The van der Waals surface area contributed by atoms with Crippen LogP contribution in [0.4, 0.5) is 5.00 Å². The van der Waals surface area contributed by atoms with Crippen molar-refractivity contribution in [2.24, 2.45) is 0 Å². The summed E-state index contributed by atoms with van der Waals surface area (Å²) in [6.07, 6.45) is 0. The smallest absolute Gasteiger partial charge is 0.340 e. The van der Waals surface area contributed by atoms with Crippen molar-refractivity contribution in [1.29, 1.82) is 0 Å². The zero-order chi connectivity index (χ0) is 23.2. The Morgan fingerprint density at radius 1 is 0.970 bits per heavy atom. The zero-order valence-electron chi connectivity index (χ0n) is 19.0. The van der Waals surface area contributed by atoms with E-state index in [-0.39, 0.29) is 11.9 Å². The van der Waals surface area contributed by atoms with Crippen LogP contribution >= 0.6 is 11.3 Å². The second-order valence-electron chi connectivity index (χ2n) is 8.18. The van der Waals surface area contributed by atoms with Crippen LogP contribution in [-0.4, -0.2) is 61.5 Å². The number of amides is 1. The Hall–Kier alpha value is -3.00. The molecule has 0 aliphatic carbocycles. The van der Waals surface area contributed by atoms with Gasteiger partial charge in [-0.05, 0) is 24.1 Å². The van der Waals surface area contributed by atoms with Crippen molar-refractivity contribution in [1.82, 2.24) is 9.80 Å². The summed E-state index contributed by atoms with van der Waals surface area (Å²) >= 11 is 1.39. The number of nitrogens with zero attached hydrogens (tertiary/aromatic N) is 2. The maximum Gasteiger partial charge on any atom is 0.340 e. The lowest BCUT2D eigenvalue weighted by Crippen LogP contribution is -2.49. The minimum atomic E-state index is -0.434. The van der Waals surface area contributed by atoms with E-state index in [2.05, 4.69) is 63.6 Å². The Morgan fingerprint density at radius 2 is 1.55 bits per heavy atom. The number of nitrogens with one attached hydrogen (secondary N) is 1. The molecule has 0 bridgehead atoms. The average Bonchev–Trinajstić information content (AvgIpc) is 3.21. The summed E-state index contributed by atoms with van der Waals surface area (Å²) < 4.78 is 4.83. The van der Waals surface area contributed by atoms with Crippen molar-refractivity contribution in [3.8, 4) is 0 Å². The van der Waals surface area contributed by atoms with Gasteiger partial charge in [-0.25, -0.2) is 4.79 Å². The number of methoxy groups -OCH3 is 1. The van der Waals surface area contributed by atoms with E-state index in [1.807, 2.05) is 19.1 Å². The molecule has 0 spiro atoms. The van der Waals surface area contributed by atoms with Crippen LogP contribution in [0.3, 0.4) is 0 Å². The van der Waals surface area contributed by atoms with Crippen molar-refractivity contribution in [3.63, 3.8) is 0 Å². The third kappa shape index (κ3) is 5.68. The van der Waals surface area contributed by atoms with Gasteiger partial charge in [-0.1, -0.05) is 60.7 Å². The van der Waals surface area contributed by atoms with Crippen LogP contribution in [0.5, 0.6) is 0 Å². The number of hydrogen-bond donors (Lipinski definition) is 1. The summed E-state index contributed by atoms with van der Waals surface area (Å²) in [7, 11) is 1.35. The minimum Gasteiger partial charge on any atom is -0.465 e. The van der Waals surface area contributed by atoms with E-state index in [4.69, 9.17) is 4.74 Å². The van der Waals surface area contributed by atoms with Gasteiger partial charge < -0.3 is 10.1 Å². The quantitative estimate of drug-likeness (QED) is 0.533. The third-order valence-corrected chi connectivity index (χ3v) is 6.85. The van der Waals surface area contributed by atoms with Crippen molar-refractivity contribution in [3.05, 3.63) is 88.3 Å². The molecule has 172 valence electrons. The maximum absolute atomic E-state index is 12.7. The van der Waals surface area contributed by atoms with Crippen molar-refractivity contribution in [2.75, 3.05) is 45.2 Å². The molecule has 6 nitrogen and oxygen atoms in total. The van der Waals surface area contributed by atoms with Gasteiger partial charge in [-0.15, -0.1) is 11.3 Å². The number of carbonyl (C=O) groups excluding carboxylic acids is 2. The highest BCUT2D eigenvalue weighted by molar-refractivity contribution is 7.16. The average molecular weight is 464 g/mol. The summed E-state index contributed by atoms with van der Waals surface area (Å²) in [4.78, 5) is 30.3. The fourth-order valence-corrected chi connectivity index (χ4v) is 5.22. The molecule has 2 aromatic carbocycles. The lowest BCUT2D eigenvalue weighted by molar-refractivity contribution is -0.117. The number of rotatable bonds is 7. The van der Waals surface area contributed by atoms with E-state index in [9.17, 15) is 9.59 Å². The van der Waals surface area contributed by atoms with Gasteiger partial charge in [0.15, 0.2) is 0 Å². The van der Waals surface area contributed by atoms with Crippen LogP contribution in [0, 0.1) is 6.92 Å². The van der Waals surface area contributed by atoms with E-state index < -0.39 is 5.97 Å². The Balaban J connectivity index is 1.38. The van der Waals surface area contributed by atoms with Gasteiger partial charge in [0.2, 0.25) is 5.91 Å². The monoisotopic (exact) mass is 463 g/mol. The summed E-state index contributed by atoms with van der Waals surface area (Å²) in [5.74, 6) is -0.547. The van der Waals surface area contributed by atoms with Gasteiger partial charge in [0.25, 0.3) is 0 Å². The van der Waals surface area contributed by atoms with Crippen LogP contribution in [0.25, 0.3) is 0 Å². The summed E-state index contributed by atoms with van der Waals surface area (Å²) in [6.45, 7) is 5.54. The van der Waals surface area contributed by atoms with Crippen LogP contribution in [-0.2, 0) is 9.53 Å². The summed E-state index contributed by atoms with van der Waals surface area (Å²) in [5, 5.41) is 3.46. The molecule has 1 fully saturated rings. The Kier molecular flexibility index (Phi) is 7.54. The molecule has 1 aliphatic heterocycles. The number of anilines is 1. The molecule has 4 rings (SSSR count). The predicted octanol–water partition coefficient (Wildman–Crippen LogP) is 4.19. The number of piperazine rings is 1. The molecular formula is C26H29N3O3S. The molecule has 7 heteroatoms. The topological polar surface area (TPSA) is 61.9 Å². The summed E-state index contributed by atoms with van der Waals surface area (Å²) in [6, 6.07) is 23.1. The lowest BCUT2D eigenvalue weighted by Gasteiger charge is -2.39. The number of ether oxygens (including phenoxy) is 1. The van der Waals surface area contributed by atoms with E-state index in [0.717, 1.165) is 31.1 Å². The fraction of sp³-hybridized carbons (Fsp3) is 0.308. The van der Waals surface area contributed by atoms with Gasteiger partial charge in [0, 0.05) is 31.1 Å². The normalized spacial score (nSPS) is 14.9. The Bertz CT molecular complexity index is 1040. The van der Waals surface area contributed by atoms with E-state index >= 15 is 0 Å².